The van der Waals surface area contributed by atoms with Crippen LogP contribution in [0, 0.1) is 6.92 Å². The van der Waals surface area contributed by atoms with Gasteiger partial charge in [-0.2, -0.15) is 0 Å². The molecule has 1 heterocycles. The zero-order valence-corrected chi connectivity index (χ0v) is 15.1. The number of anilines is 1. The molecular weight excluding hydrogens is 320 g/mol. The number of nitrogens with zero attached hydrogens (tertiary/aromatic N) is 1. The topological polar surface area (TPSA) is 66.0 Å². The van der Waals surface area contributed by atoms with Crippen LogP contribution in [0.2, 0.25) is 0 Å². The predicted molar refractivity (Wildman–Crippen MR) is 98.4 cm³/mol. The molecule has 5 nitrogen and oxygen atoms in total. The number of carbonyl (C=O) groups is 1. The minimum Gasteiger partial charge on any atom is -0.335 e. The van der Waals surface area contributed by atoms with Crippen molar-refractivity contribution in [1.29, 1.82) is 0 Å². The molecule has 3 rings (SSSR count). The summed E-state index contributed by atoms with van der Waals surface area (Å²) < 4.78 is 0. The molecular formula is C18H24N4OS. The maximum absolute atomic E-state index is 11.7. The molecule has 128 valence electrons. The lowest BCUT2D eigenvalue weighted by atomic mass is 10.1. The monoisotopic (exact) mass is 344 g/mol. The van der Waals surface area contributed by atoms with Crippen LogP contribution in [0.4, 0.5) is 10.5 Å². The van der Waals surface area contributed by atoms with Gasteiger partial charge in [0.2, 0.25) is 0 Å². The highest BCUT2D eigenvalue weighted by molar-refractivity contribution is 7.11. The number of urea groups is 1. The van der Waals surface area contributed by atoms with Gasteiger partial charge >= 0.3 is 6.03 Å². The van der Waals surface area contributed by atoms with E-state index in [1.807, 2.05) is 30.5 Å². The van der Waals surface area contributed by atoms with Crippen LogP contribution in [-0.2, 0) is 0 Å². The Labute approximate surface area is 146 Å². The highest BCUT2D eigenvalue weighted by atomic mass is 32.1. The van der Waals surface area contributed by atoms with Crippen LogP contribution in [0.15, 0.2) is 30.5 Å². The van der Waals surface area contributed by atoms with Gasteiger partial charge in [-0.1, -0.05) is 12.1 Å². The summed E-state index contributed by atoms with van der Waals surface area (Å²) in [5.41, 5.74) is 2.00. The third-order valence-corrected chi connectivity index (χ3v) is 5.19. The minimum absolute atomic E-state index is 0.121. The average molecular weight is 344 g/mol. The molecule has 1 saturated carbocycles. The Bertz CT molecular complexity index is 693. The summed E-state index contributed by atoms with van der Waals surface area (Å²) in [6, 6.07) is 8.64. The van der Waals surface area contributed by atoms with Gasteiger partial charge < -0.3 is 16.0 Å². The highest BCUT2D eigenvalue weighted by Gasteiger charge is 2.23. The summed E-state index contributed by atoms with van der Waals surface area (Å²) in [7, 11) is 0. The van der Waals surface area contributed by atoms with Crippen molar-refractivity contribution in [3.63, 3.8) is 0 Å². The molecule has 0 spiro atoms. The Kier molecular flexibility index (Phi) is 5.16. The molecule has 2 amide bonds. The third kappa shape index (κ3) is 4.55. The number of aromatic nitrogens is 1. The molecule has 1 aromatic heterocycles. The van der Waals surface area contributed by atoms with E-state index >= 15 is 0 Å². The fourth-order valence-electron chi connectivity index (χ4n) is 2.55. The van der Waals surface area contributed by atoms with Gasteiger partial charge in [0.15, 0.2) is 0 Å². The van der Waals surface area contributed by atoms with Crippen LogP contribution in [0.1, 0.15) is 54.2 Å². The summed E-state index contributed by atoms with van der Waals surface area (Å²) in [5.74, 6) is 0. The van der Waals surface area contributed by atoms with Crippen molar-refractivity contribution in [2.75, 3.05) is 5.32 Å². The smallest absolute Gasteiger partial charge is 0.319 e. The van der Waals surface area contributed by atoms with Crippen LogP contribution in [0.25, 0.3) is 0 Å². The van der Waals surface area contributed by atoms with E-state index in [0.717, 1.165) is 23.5 Å². The molecule has 1 aromatic carbocycles. The van der Waals surface area contributed by atoms with Crippen molar-refractivity contribution in [3.05, 3.63) is 45.9 Å². The molecule has 0 unspecified atom stereocenters. The molecule has 1 fully saturated rings. The SMILES string of the molecule is Cc1cnc([C@@H](C)N[C@@H](C)c2ccc(NC(=O)NC3CC3)cc2)s1. The number of nitrogens with one attached hydrogen (secondary N) is 3. The number of aryl methyl sites for hydroxylation is 1. The first kappa shape index (κ1) is 16.9. The van der Waals surface area contributed by atoms with Crippen molar-refractivity contribution in [1.82, 2.24) is 15.6 Å². The van der Waals surface area contributed by atoms with Crippen molar-refractivity contribution >= 4 is 23.1 Å². The molecule has 0 saturated heterocycles. The highest BCUT2D eigenvalue weighted by Crippen LogP contribution is 2.24. The first-order valence-corrected chi connectivity index (χ1v) is 9.19. The average Bonchev–Trinajstić information content (AvgIpc) is 3.25. The van der Waals surface area contributed by atoms with E-state index in [4.69, 9.17) is 0 Å². The number of hydrogen-bond acceptors (Lipinski definition) is 4. The van der Waals surface area contributed by atoms with E-state index in [1.54, 1.807) is 11.3 Å². The van der Waals surface area contributed by atoms with Gasteiger partial charge in [0, 0.05) is 28.8 Å². The molecule has 0 radical (unpaired) electrons. The number of hydrogen-bond donors (Lipinski definition) is 3. The zero-order valence-electron chi connectivity index (χ0n) is 14.3. The number of amides is 2. The Hall–Kier alpha value is -1.92. The molecule has 1 aliphatic carbocycles. The Morgan fingerprint density at radius 1 is 1.21 bits per heavy atom. The lowest BCUT2D eigenvalue weighted by molar-refractivity contribution is 0.251. The summed E-state index contributed by atoms with van der Waals surface area (Å²) >= 11 is 1.72. The molecule has 2 aromatic rings. The van der Waals surface area contributed by atoms with Crippen molar-refractivity contribution in [2.45, 2.75) is 51.7 Å². The fourth-order valence-corrected chi connectivity index (χ4v) is 3.34. The predicted octanol–water partition coefficient (Wildman–Crippen LogP) is 4.15. The third-order valence-electron chi connectivity index (χ3n) is 4.09. The van der Waals surface area contributed by atoms with Gasteiger partial charge in [-0.15, -0.1) is 11.3 Å². The molecule has 0 aliphatic heterocycles. The molecule has 0 bridgehead atoms. The summed E-state index contributed by atoms with van der Waals surface area (Å²) in [5, 5.41) is 10.5. The van der Waals surface area contributed by atoms with Gasteiger partial charge in [0.25, 0.3) is 0 Å². The normalized spacial score (nSPS) is 16.5. The van der Waals surface area contributed by atoms with Crippen LogP contribution < -0.4 is 16.0 Å². The largest absolute Gasteiger partial charge is 0.335 e. The standard InChI is InChI=1S/C18H24N4OS/c1-11-10-19-17(24-11)13(3)20-12(2)14-4-6-15(7-5-14)21-18(23)22-16-8-9-16/h4-7,10,12-13,16,20H,8-9H2,1-3H3,(H2,21,22,23)/t12-,13+/m0/s1. The Morgan fingerprint density at radius 3 is 2.50 bits per heavy atom. The van der Waals surface area contributed by atoms with Crippen molar-refractivity contribution in [3.8, 4) is 0 Å². The summed E-state index contributed by atoms with van der Waals surface area (Å²) in [6.07, 6.45) is 4.09. The number of rotatable bonds is 6. The van der Waals surface area contributed by atoms with Crippen LogP contribution >= 0.6 is 11.3 Å². The fraction of sp³-hybridized carbons (Fsp3) is 0.444. The van der Waals surface area contributed by atoms with E-state index in [2.05, 4.69) is 41.7 Å². The van der Waals surface area contributed by atoms with Gasteiger partial charge in [-0.3, -0.25) is 0 Å². The van der Waals surface area contributed by atoms with Gasteiger partial charge in [0.1, 0.15) is 5.01 Å². The number of thiazole rings is 1. The van der Waals surface area contributed by atoms with Crippen LogP contribution in [0.3, 0.4) is 0 Å². The maximum atomic E-state index is 11.7. The lowest BCUT2D eigenvalue weighted by Crippen LogP contribution is -2.30. The van der Waals surface area contributed by atoms with Gasteiger partial charge in [-0.05, 0) is 51.3 Å². The summed E-state index contributed by atoms with van der Waals surface area (Å²) in [6.45, 7) is 6.34. The molecule has 1 aliphatic rings. The van der Waals surface area contributed by atoms with E-state index in [0.29, 0.717) is 6.04 Å². The van der Waals surface area contributed by atoms with Crippen LogP contribution in [-0.4, -0.2) is 17.1 Å². The van der Waals surface area contributed by atoms with E-state index in [-0.39, 0.29) is 18.1 Å². The maximum Gasteiger partial charge on any atom is 0.319 e. The second-order valence-electron chi connectivity index (χ2n) is 6.41. The Balaban J connectivity index is 1.54. The second kappa shape index (κ2) is 7.32. The quantitative estimate of drug-likeness (QED) is 0.737. The molecule has 2 atom stereocenters. The van der Waals surface area contributed by atoms with E-state index in [9.17, 15) is 4.79 Å². The Morgan fingerprint density at radius 2 is 1.92 bits per heavy atom. The van der Waals surface area contributed by atoms with E-state index < -0.39 is 0 Å². The van der Waals surface area contributed by atoms with Crippen LogP contribution in [0.5, 0.6) is 0 Å². The first-order valence-electron chi connectivity index (χ1n) is 8.37. The van der Waals surface area contributed by atoms with Crippen molar-refractivity contribution in [2.24, 2.45) is 0 Å². The zero-order chi connectivity index (χ0) is 17.1. The number of carbonyl (C=O) groups excluding carboxylic acids is 1. The van der Waals surface area contributed by atoms with E-state index in [1.165, 1.54) is 10.4 Å². The van der Waals surface area contributed by atoms with Crippen molar-refractivity contribution < 1.29 is 4.79 Å². The molecule has 6 heteroatoms. The van der Waals surface area contributed by atoms with Gasteiger partial charge in [-0.25, -0.2) is 9.78 Å². The first-order chi connectivity index (χ1) is 11.5. The molecule has 3 N–H and O–H groups in total. The minimum atomic E-state index is -0.121. The lowest BCUT2D eigenvalue weighted by Gasteiger charge is -2.19. The second-order valence-corrected chi connectivity index (χ2v) is 7.68. The number of benzene rings is 1. The van der Waals surface area contributed by atoms with Gasteiger partial charge in [0.05, 0.1) is 6.04 Å². The molecule has 24 heavy (non-hydrogen) atoms. The summed E-state index contributed by atoms with van der Waals surface area (Å²) in [4.78, 5) is 17.4.